The molecule has 0 aliphatic carbocycles. The molecule has 4 aromatic rings. The van der Waals surface area contributed by atoms with E-state index in [1.807, 2.05) is 79.2 Å². The van der Waals surface area contributed by atoms with Crippen LogP contribution in [-0.4, -0.2) is 15.5 Å². The molecule has 0 unspecified atom stereocenters. The van der Waals surface area contributed by atoms with E-state index >= 15 is 0 Å². The Morgan fingerprint density at radius 1 is 1.16 bits per heavy atom. The lowest BCUT2D eigenvalue weighted by Gasteiger charge is -2.24. The van der Waals surface area contributed by atoms with Gasteiger partial charge in [0.1, 0.15) is 6.04 Å². The van der Waals surface area contributed by atoms with Gasteiger partial charge in [0.25, 0.3) is 11.5 Å². The summed E-state index contributed by atoms with van der Waals surface area (Å²) in [7, 11) is 0. The van der Waals surface area contributed by atoms with Gasteiger partial charge in [0.2, 0.25) is 0 Å². The van der Waals surface area contributed by atoms with Crippen molar-refractivity contribution in [2.24, 2.45) is 4.99 Å². The first-order valence-electron chi connectivity index (χ1n) is 9.67. The Morgan fingerprint density at radius 2 is 2.00 bits per heavy atom. The first kappa shape index (κ1) is 19.5. The van der Waals surface area contributed by atoms with E-state index in [9.17, 15) is 9.59 Å². The van der Waals surface area contributed by atoms with Crippen LogP contribution in [0.15, 0.2) is 87.2 Å². The molecule has 2 N–H and O–H groups in total. The van der Waals surface area contributed by atoms with Gasteiger partial charge in [-0.2, -0.15) is 0 Å². The number of hydrogen-bond donors (Lipinski definition) is 2. The average Bonchev–Trinajstić information content (AvgIpc) is 3.51. The number of nitrogens with one attached hydrogen (secondary N) is 2. The van der Waals surface area contributed by atoms with Crippen LogP contribution in [-0.2, 0) is 4.79 Å². The Balaban J connectivity index is 1.66. The maximum atomic E-state index is 13.4. The molecular formula is C23H18N4O2S2. The Hall–Kier alpha value is -3.49. The SMILES string of the molecule is CC1=C(C(=O)Nc2ccccc2)[C@H](c2cccs2)n2c(s/c(=C/c3ccc[nH]3)c2=O)=N1. The van der Waals surface area contributed by atoms with Gasteiger partial charge in [0, 0.05) is 22.5 Å². The number of allylic oxidation sites excluding steroid dienone is 1. The first-order chi connectivity index (χ1) is 15.1. The fourth-order valence-electron chi connectivity index (χ4n) is 3.62. The van der Waals surface area contributed by atoms with Crippen molar-refractivity contribution in [2.75, 3.05) is 5.32 Å². The van der Waals surface area contributed by atoms with E-state index in [0.29, 0.717) is 26.3 Å². The number of nitrogens with zero attached hydrogens (tertiary/aromatic N) is 2. The van der Waals surface area contributed by atoms with Crippen LogP contribution in [0.4, 0.5) is 5.69 Å². The highest BCUT2D eigenvalue weighted by molar-refractivity contribution is 7.10. The highest BCUT2D eigenvalue weighted by atomic mass is 32.1. The number of anilines is 1. The summed E-state index contributed by atoms with van der Waals surface area (Å²) in [6.07, 6.45) is 3.63. The quantitative estimate of drug-likeness (QED) is 0.505. The number of fused-ring (bicyclic) bond motifs is 1. The van der Waals surface area contributed by atoms with E-state index in [1.54, 1.807) is 4.57 Å². The van der Waals surface area contributed by atoms with E-state index in [0.717, 1.165) is 10.6 Å². The van der Waals surface area contributed by atoms with E-state index in [4.69, 9.17) is 0 Å². The molecule has 8 heteroatoms. The molecule has 0 spiro atoms. The van der Waals surface area contributed by atoms with Crippen LogP contribution in [0.3, 0.4) is 0 Å². The zero-order chi connectivity index (χ0) is 21.4. The summed E-state index contributed by atoms with van der Waals surface area (Å²) < 4.78 is 2.21. The molecule has 6 nitrogen and oxygen atoms in total. The van der Waals surface area contributed by atoms with Crippen molar-refractivity contribution in [3.63, 3.8) is 0 Å². The van der Waals surface area contributed by atoms with Crippen molar-refractivity contribution in [2.45, 2.75) is 13.0 Å². The summed E-state index contributed by atoms with van der Waals surface area (Å²) in [6.45, 7) is 1.82. The number of hydrogen-bond acceptors (Lipinski definition) is 5. The number of thiazole rings is 1. The second kappa shape index (κ2) is 7.98. The smallest absolute Gasteiger partial charge is 0.271 e. The van der Waals surface area contributed by atoms with Crippen molar-refractivity contribution in [3.8, 4) is 0 Å². The number of rotatable bonds is 4. The van der Waals surface area contributed by atoms with Crippen LogP contribution in [0.1, 0.15) is 23.5 Å². The minimum Gasteiger partial charge on any atom is -0.362 e. The summed E-state index contributed by atoms with van der Waals surface area (Å²) >= 11 is 2.85. The Bertz CT molecular complexity index is 1440. The third-order valence-corrected chi connectivity index (χ3v) is 6.93. The molecule has 0 saturated carbocycles. The summed E-state index contributed by atoms with van der Waals surface area (Å²) in [6, 6.07) is 16.4. The van der Waals surface area contributed by atoms with E-state index in [-0.39, 0.29) is 11.5 Å². The maximum Gasteiger partial charge on any atom is 0.271 e. The molecular weight excluding hydrogens is 428 g/mol. The molecule has 0 bridgehead atoms. The molecule has 1 atom stereocenters. The Labute approximate surface area is 185 Å². The molecule has 0 fully saturated rings. The second-order valence-electron chi connectivity index (χ2n) is 7.04. The zero-order valence-electron chi connectivity index (χ0n) is 16.5. The van der Waals surface area contributed by atoms with E-state index in [1.165, 1.54) is 22.7 Å². The average molecular weight is 447 g/mol. The van der Waals surface area contributed by atoms with Gasteiger partial charge in [-0.1, -0.05) is 35.6 Å². The Morgan fingerprint density at radius 3 is 2.71 bits per heavy atom. The minimum absolute atomic E-state index is 0.158. The third-order valence-electron chi connectivity index (χ3n) is 5.02. The molecule has 0 saturated heterocycles. The van der Waals surface area contributed by atoms with Crippen molar-refractivity contribution >= 4 is 40.3 Å². The number of carbonyl (C=O) groups is 1. The molecule has 3 aromatic heterocycles. The summed E-state index contributed by atoms with van der Waals surface area (Å²) in [5.41, 5.74) is 2.47. The predicted molar refractivity (Wildman–Crippen MR) is 124 cm³/mol. The molecule has 4 heterocycles. The molecule has 1 aliphatic rings. The molecule has 1 amide bonds. The highest BCUT2D eigenvalue weighted by Gasteiger charge is 2.33. The zero-order valence-corrected chi connectivity index (χ0v) is 18.2. The van der Waals surface area contributed by atoms with Gasteiger partial charge in [0.05, 0.1) is 15.8 Å². The van der Waals surface area contributed by atoms with Gasteiger partial charge in [-0.3, -0.25) is 14.2 Å². The molecule has 154 valence electrons. The highest BCUT2D eigenvalue weighted by Crippen LogP contribution is 2.33. The lowest BCUT2D eigenvalue weighted by Crippen LogP contribution is -2.40. The predicted octanol–water partition coefficient (Wildman–Crippen LogP) is 3.26. The first-order valence-corrected chi connectivity index (χ1v) is 11.4. The van der Waals surface area contributed by atoms with Gasteiger partial charge < -0.3 is 10.3 Å². The van der Waals surface area contributed by atoms with Crippen molar-refractivity contribution in [1.82, 2.24) is 9.55 Å². The Kier molecular flexibility index (Phi) is 5.01. The van der Waals surface area contributed by atoms with Crippen molar-refractivity contribution in [1.29, 1.82) is 0 Å². The minimum atomic E-state index is -0.522. The lowest BCUT2D eigenvalue weighted by molar-refractivity contribution is -0.113. The molecule has 1 aromatic carbocycles. The molecule has 1 aliphatic heterocycles. The van der Waals surface area contributed by atoms with E-state index in [2.05, 4.69) is 15.3 Å². The number of aromatic nitrogens is 2. The van der Waals surface area contributed by atoms with Gasteiger partial charge in [0.15, 0.2) is 4.80 Å². The van der Waals surface area contributed by atoms with Crippen LogP contribution >= 0.6 is 22.7 Å². The van der Waals surface area contributed by atoms with Crippen LogP contribution in [0.5, 0.6) is 0 Å². The molecule has 31 heavy (non-hydrogen) atoms. The lowest BCUT2D eigenvalue weighted by atomic mass is 10.0. The topological polar surface area (TPSA) is 79.2 Å². The number of thiophene rings is 1. The fourth-order valence-corrected chi connectivity index (χ4v) is 5.48. The van der Waals surface area contributed by atoms with Crippen LogP contribution in [0.2, 0.25) is 0 Å². The number of amides is 1. The number of para-hydroxylation sites is 1. The normalized spacial score (nSPS) is 16.2. The van der Waals surface area contributed by atoms with Crippen molar-refractivity contribution in [3.05, 3.63) is 108 Å². The summed E-state index contributed by atoms with van der Waals surface area (Å²) in [5, 5.41) is 4.90. The number of benzene rings is 1. The van der Waals surface area contributed by atoms with Crippen LogP contribution in [0.25, 0.3) is 6.08 Å². The summed E-state index contributed by atoms with van der Waals surface area (Å²) in [5.74, 6) is -0.260. The van der Waals surface area contributed by atoms with Gasteiger partial charge in [-0.25, -0.2) is 4.99 Å². The van der Waals surface area contributed by atoms with Gasteiger partial charge >= 0.3 is 0 Å². The van der Waals surface area contributed by atoms with Crippen LogP contribution < -0.4 is 20.2 Å². The summed E-state index contributed by atoms with van der Waals surface area (Å²) in [4.78, 5) is 36.0. The largest absolute Gasteiger partial charge is 0.362 e. The number of carbonyl (C=O) groups excluding carboxylic acids is 1. The van der Waals surface area contributed by atoms with Crippen molar-refractivity contribution < 1.29 is 4.79 Å². The molecule has 5 rings (SSSR count). The second-order valence-corrected chi connectivity index (χ2v) is 9.03. The van der Waals surface area contributed by atoms with Gasteiger partial charge in [-0.15, -0.1) is 11.3 Å². The van der Waals surface area contributed by atoms with E-state index < -0.39 is 6.04 Å². The molecule has 0 radical (unpaired) electrons. The van der Waals surface area contributed by atoms with Gasteiger partial charge in [-0.05, 0) is 48.7 Å². The third kappa shape index (κ3) is 3.60. The van der Waals surface area contributed by atoms with Crippen LogP contribution in [0, 0.1) is 0 Å². The number of aromatic amines is 1. The number of H-pyrrole nitrogens is 1. The fraction of sp³-hybridized carbons (Fsp3) is 0.0870. The standard InChI is InChI=1S/C23H18N4O2S2/c1-14-19(21(28)26-15-7-3-2-4-8-15)20(17-10-6-12-30-17)27-22(29)18(31-23(27)25-14)13-16-9-5-11-24-16/h2-13,20,24H,1H3,(H,26,28)/b18-13+/t20-/m0/s1. The monoisotopic (exact) mass is 446 g/mol. The maximum absolute atomic E-state index is 13.4.